The predicted molar refractivity (Wildman–Crippen MR) is 122 cm³/mol. The van der Waals surface area contributed by atoms with Gasteiger partial charge >= 0.3 is 0 Å². The van der Waals surface area contributed by atoms with Gasteiger partial charge in [-0.2, -0.15) is 0 Å². The largest absolute Gasteiger partial charge is 0.492 e. The third-order valence-electron chi connectivity index (χ3n) is 6.92. The first-order valence-electron chi connectivity index (χ1n) is 10.6. The van der Waals surface area contributed by atoms with Gasteiger partial charge in [-0.3, -0.25) is 9.59 Å². The molecule has 0 saturated carbocycles. The van der Waals surface area contributed by atoms with Gasteiger partial charge in [-0.25, -0.2) is 4.90 Å². The first kappa shape index (κ1) is 18.8. The number of nitrogens with zero attached hydrogens (tertiary/aromatic N) is 1. The summed E-state index contributed by atoms with van der Waals surface area (Å²) < 4.78 is 5.03. The number of benzene rings is 3. The molecule has 1 aliphatic heterocycles. The van der Waals surface area contributed by atoms with Crippen LogP contribution in [0.5, 0.6) is 5.75 Å². The molecule has 2 atom stereocenters. The zero-order valence-corrected chi connectivity index (χ0v) is 18.5. The minimum Gasteiger partial charge on any atom is -0.492 e. The molecule has 2 bridgehead atoms. The quantitative estimate of drug-likeness (QED) is 0.397. The number of ether oxygens (including phenoxy) is 1. The van der Waals surface area contributed by atoms with Crippen LogP contribution in [0.4, 0.5) is 5.69 Å². The van der Waals surface area contributed by atoms with Crippen LogP contribution in [0.25, 0.3) is 0 Å². The summed E-state index contributed by atoms with van der Waals surface area (Å²) >= 11 is 4.02. The van der Waals surface area contributed by atoms with Crippen LogP contribution in [0.1, 0.15) is 35.1 Å². The Balaban J connectivity index is 1.59. The van der Waals surface area contributed by atoms with Crippen molar-refractivity contribution in [3.8, 4) is 5.75 Å². The fourth-order valence-corrected chi connectivity index (χ4v) is 7.04. The van der Waals surface area contributed by atoms with E-state index in [1.165, 1.54) is 4.90 Å². The average molecular weight is 474 g/mol. The van der Waals surface area contributed by atoms with Crippen LogP contribution in [0.2, 0.25) is 0 Å². The van der Waals surface area contributed by atoms with Crippen molar-refractivity contribution >= 4 is 33.4 Å². The fraction of sp³-hybridized carbons (Fsp3) is 0.231. The lowest BCUT2D eigenvalue weighted by Crippen LogP contribution is -2.50. The Morgan fingerprint density at radius 2 is 1.45 bits per heavy atom. The number of para-hydroxylation sites is 2. The van der Waals surface area contributed by atoms with Crippen LogP contribution >= 0.6 is 15.9 Å². The normalized spacial score (nSPS) is 27.7. The topological polar surface area (TPSA) is 46.6 Å². The van der Waals surface area contributed by atoms with Gasteiger partial charge in [-0.15, -0.1) is 0 Å². The van der Waals surface area contributed by atoms with Crippen LogP contribution in [0.3, 0.4) is 0 Å². The molecule has 0 aromatic heterocycles. The monoisotopic (exact) mass is 473 g/mol. The summed E-state index contributed by atoms with van der Waals surface area (Å²) in [6.07, 6.45) is 0. The molecule has 5 heteroatoms. The molecule has 4 nitrogen and oxygen atoms in total. The third-order valence-corrected chi connectivity index (χ3v) is 8.27. The molecule has 1 heterocycles. The Kier molecular flexibility index (Phi) is 3.97. The minimum atomic E-state index is -0.734. The number of anilines is 1. The van der Waals surface area contributed by atoms with E-state index in [0.29, 0.717) is 18.0 Å². The Bertz CT molecular complexity index is 1210. The number of hydrogen-bond donors (Lipinski definition) is 0. The second-order valence-electron chi connectivity index (χ2n) is 8.28. The molecule has 2 amide bonds. The smallest absolute Gasteiger partial charge is 0.239 e. The van der Waals surface area contributed by atoms with Gasteiger partial charge in [-0.1, -0.05) is 76.6 Å². The number of amides is 2. The molecule has 3 aromatic carbocycles. The van der Waals surface area contributed by atoms with Gasteiger partial charge in [-0.05, 0) is 41.3 Å². The summed E-state index contributed by atoms with van der Waals surface area (Å²) in [5.41, 5.74) is 4.94. The Morgan fingerprint density at radius 3 is 2.10 bits per heavy atom. The van der Waals surface area contributed by atoms with Gasteiger partial charge in [0.05, 0.1) is 28.5 Å². The number of halogens is 1. The zero-order valence-electron chi connectivity index (χ0n) is 16.9. The summed E-state index contributed by atoms with van der Waals surface area (Å²) in [5.74, 6) is -0.877. The van der Waals surface area contributed by atoms with E-state index >= 15 is 0 Å². The molecule has 0 radical (unpaired) electrons. The summed E-state index contributed by atoms with van der Waals surface area (Å²) in [6, 6.07) is 23.7. The first-order chi connectivity index (χ1) is 15.1. The number of carbonyl (C=O) groups excluding carboxylic acids is 2. The van der Waals surface area contributed by atoms with E-state index in [1.807, 2.05) is 49.4 Å². The highest BCUT2D eigenvalue weighted by Gasteiger charge is 2.67. The molecule has 0 N–H and O–H groups in total. The number of alkyl halides is 1. The lowest BCUT2D eigenvalue weighted by atomic mass is 9.55. The van der Waals surface area contributed by atoms with Crippen LogP contribution in [0.15, 0.2) is 72.8 Å². The Hall–Kier alpha value is -2.92. The van der Waals surface area contributed by atoms with E-state index in [9.17, 15) is 9.59 Å². The molecular weight excluding hydrogens is 454 g/mol. The van der Waals surface area contributed by atoms with Crippen molar-refractivity contribution in [2.75, 3.05) is 11.5 Å². The number of hydrogen-bond acceptors (Lipinski definition) is 3. The maximum atomic E-state index is 13.9. The van der Waals surface area contributed by atoms with Gasteiger partial charge in [0.2, 0.25) is 11.8 Å². The molecule has 0 spiro atoms. The van der Waals surface area contributed by atoms with Crippen molar-refractivity contribution in [1.29, 1.82) is 0 Å². The predicted octanol–water partition coefficient (Wildman–Crippen LogP) is 4.99. The molecule has 0 unspecified atom stereocenters. The molecule has 1 fully saturated rings. The van der Waals surface area contributed by atoms with E-state index in [-0.39, 0.29) is 17.7 Å². The number of imide groups is 1. The first-order valence-corrected chi connectivity index (χ1v) is 11.4. The van der Waals surface area contributed by atoms with Crippen molar-refractivity contribution in [3.05, 3.63) is 95.1 Å². The van der Waals surface area contributed by atoms with E-state index in [4.69, 9.17) is 4.74 Å². The lowest BCUT2D eigenvalue weighted by molar-refractivity contribution is -0.122. The van der Waals surface area contributed by atoms with E-state index in [2.05, 4.69) is 40.2 Å². The molecule has 1 saturated heterocycles. The molecule has 3 aliphatic carbocycles. The Morgan fingerprint density at radius 1 is 0.871 bits per heavy atom. The molecule has 7 rings (SSSR count). The van der Waals surface area contributed by atoms with Crippen LogP contribution in [-0.2, 0) is 13.9 Å². The maximum absolute atomic E-state index is 13.9. The Labute approximate surface area is 189 Å². The standard InChI is InChI=1S/C26H20BrNO3/c1-2-31-20-14-8-7-13-19(20)28-24(29)22-21-15-9-3-5-11-17(15)26(27,23(22)25(28)30)18-12-6-4-10-16(18)21/h3-14,21-23H,2H2,1H3/t21?,22-,23-,26?/m0/s1. The summed E-state index contributed by atoms with van der Waals surface area (Å²) in [5, 5.41) is 0. The van der Waals surface area contributed by atoms with Gasteiger partial charge in [0.25, 0.3) is 0 Å². The van der Waals surface area contributed by atoms with Crippen molar-refractivity contribution in [2.45, 2.75) is 17.2 Å². The maximum Gasteiger partial charge on any atom is 0.239 e. The van der Waals surface area contributed by atoms with E-state index in [0.717, 1.165) is 22.3 Å². The highest BCUT2D eigenvalue weighted by Crippen LogP contribution is 2.66. The van der Waals surface area contributed by atoms with Gasteiger partial charge in [0.1, 0.15) is 5.75 Å². The average Bonchev–Trinajstić information content (AvgIpc) is 3.06. The molecule has 4 aliphatic rings. The van der Waals surface area contributed by atoms with Crippen molar-refractivity contribution in [2.24, 2.45) is 11.8 Å². The van der Waals surface area contributed by atoms with Crippen LogP contribution in [0, 0.1) is 11.8 Å². The highest BCUT2D eigenvalue weighted by atomic mass is 79.9. The van der Waals surface area contributed by atoms with Crippen molar-refractivity contribution in [1.82, 2.24) is 0 Å². The van der Waals surface area contributed by atoms with Crippen LogP contribution in [-0.4, -0.2) is 18.4 Å². The lowest BCUT2D eigenvalue weighted by Gasteiger charge is -2.51. The molecular formula is C26H20BrNO3. The summed E-state index contributed by atoms with van der Waals surface area (Å²) in [6.45, 7) is 2.35. The minimum absolute atomic E-state index is 0.141. The van der Waals surface area contributed by atoms with Gasteiger partial charge < -0.3 is 4.74 Å². The third kappa shape index (κ3) is 2.25. The van der Waals surface area contributed by atoms with Crippen molar-refractivity contribution in [3.63, 3.8) is 0 Å². The van der Waals surface area contributed by atoms with E-state index in [1.54, 1.807) is 6.07 Å². The number of rotatable bonds is 3. The summed E-state index contributed by atoms with van der Waals surface area (Å²) in [7, 11) is 0. The van der Waals surface area contributed by atoms with Gasteiger partial charge in [0.15, 0.2) is 0 Å². The highest BCUT2D eigenvalue weighted by molar-refractivity contribution is 9.09. The molecule has 31 heavy (non-hydrogen) atoms. The number of carbonyl (C=O) groups is 2. The van der Waals surface area contributed by atoms with Crippen molar-refractivity contribution < 1.29 is 14.3 Å². The molecule has 154 valence electrons. The fourth-order valence-electron chi connectivity index (χ4n) is 5.84. The SMILES string of the molecule is CCOc1ccccc1N1C(=O)[C@@H]2[C@@H](C1=O)C1c3ccccc3C2(Br)c2ccccc21. The van der Waals surface area contributed by atoms with Gasteiger partial charge in [0, 0.05) is 5.92 Å². The zero-order chi connectivity index (χ0) is 21.3. The van der Waals surface area contributed by atoms with Crippen LogP contribution < -0.4 is 9.64 Å². The second kappa shape index (κ2) is 6.54. The van der Waals surface area contributed by atoms with E-state index < -0.39 is 16.2 Å². The second-order valence-corrected chi connectivity index (χ2v) is 9.53. The molecule has 3 aromatic rings. The summed E-state index contributed by atoms with van der Waals surface area (Å²) in [4.78, 5) is 29.2.